The second-order valence-electron chi connectivity index (χ2n) is 5.72. The SMILES string of the molecule is CN1c2cc([N+](=O)[O-])cc([N+](=O)[O-])c2S(=O)(=O)c2cc([N+](=O)[O-])cc([N+](=O)[O-])c21. The molecule has 2 aromatic carbocycles. The Labute approximate surface area is 159 Å². The fraction of sp³-hybridized carbons (Fsp3) is 0.0769. The van der Waals surface area contributed by atoms with Crippen molar-refractivity contribution in [1.82, 2.24) is 0 Å². The van der Waals surface area contributed by atoms with Crippen LogP contribution in [0, 0.1) is 40.5 Å². The van der Waals surface area contributed by atoms with Crippen LogP contribution in [-0.4, -0.2) is 35.2 Å². The first-order chi connectivity index (χ1) is 13.4. The highest BCUT2D eigenvalue weighted by Crippen LogP contribution is 2.52. The summed E-state index contributed by atoms with van der Waals surface area (Å²) in [6, 6.07) is 2.22. The maximum absolute atomic E-state index is 13.1. The van der Waals surface area contributed by atoms with E-state index in [1.54, 1.807) is 0 Å². The predicted molar refractivity (Wildman–Crippen MR) is 93.0 cm³/mol. The number of sulfone groups is 1. The molecule has 0 aliphatic carbocycles. The molecule has 0 saturated carbocycles. The Hall–Kier alpha value is -4.21. The molecule has 3 rings (SSSR count). The van der Waals surface area contributed by atoms with Gasteiger partial charge in [-0.2, -0.15) is 0 Å². The molecular formula is C13H7N5O10S. The molecule has 1 heterocycles. The summed E-state index contributed by atoms with van der Waals surface area (Å²) in [5, 5.41) is 45.0. The lowest BCUT2D eigenvalue weighted by atomic mass is 10.1. The zero-order valence-electron chi connectivity index (χ0n) is 14.0. The van der Waals surface area contributed by atoms with Gasteiger partial charge in [0.05, 0.1) is 37.5 Å². The zero-order chi connectivity index (χ0) is 21.8. The monoisotopic (exact) mass is 425 g/mol. The highest BCUT2D eigenvalue weighted by Gasteiger charge is 2.45. The van der Waals surface area contributed by atoms with Gasteiger partial charge >= 0.3 is 5.69 Å². The van der Waals surface area contributed by atoms with Crippen LogP contribution >= 0.6 is 0 Å². The Morgan fingerprint density at radius 1 is 0.759 bits per heavy atom. The summed E-state index contributed by atoms with van der Waals surface area (Å²) in [5.41, 5.74) is -4.98. The van der Waals surface area contributed by atoms with Crippen molar-refractivity contribution in [3.05, 3.63) is 64.7 Å². The molecule has 1 aliphatic rings. The summed E-state index contributed by atoms with van der Waals surface area (Å²) < 4.78 is 26.1. The molecule has 150 valence electrons. The van der Waals surface area contributed by atoms with Gasteiger partial charge in [-0.3, -0.25) is 40.5 Å². The van der Waals surface area contributed by atoms with Crippen molar-refractivity contribution in [1.29, 1.82) is 0 Å². The summed E-state index contributed by atoms with van der Waals surface area (Å²) in [5.74, 6) is 0. The number of fused-ring (bicyclic) bond motifs is 2. The Morgan fingerprint density at radius 3 is 1.72 bits per heavy atom. The summed E-state index contributed by atoms with van der Waals surface area (Å²) in [6.45, 7) is 0. The maximum atomic E-state index is 13.1. The third-order valence-corrected chi connectivity index (χ3v) is 5.99. The second-order valence-corrected chi connectivity index (χ2v) is 7.57. The lowest BCUT2D eigenvalue weighted by Gasteiger charge is -2.28. The first-order valence-corrected chi connectivity index (χ1v) is 8.78. The lowest BCUT2D eigenvalue weighted by Crippen LogP contribution is -2.24. The molecule has 0 fully saturated rings. The van der Waals surface area contributed by atoms with Crippen molar-refractivity contribution < 1.29 is 28.1 Å². The molecule has 0 amide bonds. The van der Waals surface area contributed by atoms with Gasteiger partial charge in [0.2, 0.25) is 9.84 Å². The van der Waals surface area contributed by atoms with Crippen LogP contribution in [0.4, 0.5) is 34.1 Å². The first-order valence-electron chi connectivity index (χ1n) is 7.30. The summed E-state index contributed by atoms with van der Waals surface area (Å²) in [7, 11) is -3.78. The average molecular weight is 425 g/mol. The topological polar surface area (TPSA) is 210 Å². The minimum atomic E-state index is -4.88. The minimum Gasteiger partial charge on any atom is -0.336 e. The second kappa shape index (κ2) is 6.16. The van der Waals surface area contributed by atoms with Gasteiger partial charge in [0.15, 0.2) is 4.90 Å². The number of non-ortho nitro benzene ring substituents is 2. The number of nitro benzene ring substituents is 4. The van der Waals surface area contributed by atoms with E-state index in [1.807, 2.05) is 0 Å². The molecule has 0 N–H and O–H groups in total. The van der Waals surface area contributed by atoms with Gasteiger partial charge in [0, 0.05) is 19.2 Å². The van der Waals surface area contributed by atoms with Crippen molar-refractivity contribution in [3.63, 3.8) is 0 Å². The fourth-order valence-corrected chi connectivity index (χ4v) is 4.82. The first kappa shape index (κ1) is 19.5. The molecule has 1 aliphatic heterocycles. The number of nitro groups is 4. The molecular weight excluding hydrogens is 418 g/mol. The van der Waals surface area contributed by atoms with Crippen molar-refractivity contribution in [2.75, 3.05) is 11.9 Å². The van der Waals surface area contributed by atoms with E-state index in [4.69, 9.17) is 0 Å². The van der Waals surface area contributed by atoms with E-state index in [0.29, 0.717) is 24.3 Å². The van der Waals surface area contributed by atoms with Crippen molar-refractivity contribution in [3.8, 4) is 0 Å². The van der Waals surface area contributed by atoms with Crippen LogP contribution in [0.15, 0.2) is 34.1 Å². The van der Waals surface area contributed by atoms with E-state index in [0.717, 1.165) is 11.9 Å². The third-order valence-electron chi connectivity index (χ3n) is 4.14. The van der Waals surface area contributed by atoms with E-state index < -0.39 is 73.4 Å². The Morgan fingerprint density at radius 2 is 1.24 bits per heavy atom. The van der Waals surface area contributed by atoms with Crippen molar-refractivity contribution in [2.24, 2.45) is 0 Å². The molecule has 0 atom stereocenters. The van der Waals surface area contributed by atoms with E-state index in [1.165, 1.54) is 0 Å². The Bertz CT molecular complexity index is 1260. The number of hydrogen-bond acceptors (Lipinski definition) is 11. The molecule has 2 aromatic rings. The number of hydrogen-bond donors (Lipinski definition) is 0. The third kappa shape index (κ3) is 2.78. The van der Waals surface area contributed by atoms with Crippen LogP contribution in [0.3, 0.4) is 0 Å². The minimum absolute atomic E-state index is 0.432. The Balaban J connectivity index is 2.53. The Kier molecular flexibility index (Phi) is 4.15. The highest BCUT2D eigenvalue weighted by atomic mass is 32.2. The van der Waals surface area contributed by atoms with E-state index >= 15 is 0 Å². The smallest absolute Gasteiger partial charge is 0.301 e. The van der Waals surface area contributed by atoms with Gasteiger partial charge in [-0.15, -0.1) is 0 Å². The molecule has 0 aromatic heterocycles. The fourth-order valence-electron chi connectivity index (χ4n) is 2.95. The molecule has 0 saturated heterocycles. The molecule has 0 bridgehead atoms. The van der Waals surface area contributed by atoms with Crippen LogP contribution in [0.25, 0.3) is 0 Å². The van der Waals surface area contributed by atoms with E-state index in [-0.39, 0.29) is 0 Å². The summed E-state index contributed by atoms with van der Waals surface area (Å²) in [6.07, 6.45) is 0. The van der Waals surface area contributed by atoms with Crippen molar-refractivity contribution in [2.45, 2.75) is 9.79 Å². The number of rotatable bonds is 4. The molecule has 29 heavy (non-hydrogen) atoms. The standard InChI is InChI=1S/C13H7N5O10S/c1-14-9-3-6(15(19)20)4-10(18(25)26)13(9)29(27,28)11-5-7(16(21)22)2-8(12(11)14)17(23)24/h2-5H,1H3. The summed E-state index contributed by atoms with van der Waals surface area (Å²) >= 11 is 0. The molecule has 0 spiro atoms. The van der Waals surface area contributed by atoms with Crippen LogP contribution < -0.4 is 4.90 Å². The van der Waals surface area contributed by atoms with Crippen LogP contribution in [0.5, 0.6) is 0 Å². The number of nitrogens with zero attached hydrogens (tertiary/aromatic N) is 5. The van der Waals surface area contributed by atoms with Crippen LogP contribution in [0.1, 0.15) is 0 Å². The van der Waals surface area contributed by atoms with Gasteiger partial charge in [-0.05, 0) is 0 Å². The van der Waals surface area contributed by atoms with Crippen molar-refractivity contribution >= 4 is 44.0 Å². The van der Waals surface area contributed by atoms with Gasteiger partial charge in [0.25, 0.3) is 17.1 Å². The van der Waals surface area contributed by atoms with Gasteiger partial charge in [-0.1, -0.05) is 0 Å². The lowest BCUT2D eigenvalue weighted by molar-refractivity contribution is -0.396. The molecule has 0 radical (unpaired) electrons. The normalized spacial score (nSPS) is 13.9. The van der Waals surface area contributed by atoms with Crippen LogP contribution in [0.2, 0.25) is 0 Å². The van der Waals surface area contributed by atoms with Crippen LogP contribution in [-0.2, 0) is 9.84 Å². The summed E-state index contributed by atoms with van der Waals surface area (Å²) in [4.78, 5) is 39.7. The quantitative estimate of drug-likeness (QED) is 0.511. The highest BCUT2D eigenvalue weighted by molar-refractivity contribution is 7.92. The molecule has 16 heteroatoms. The molecule has 0 unspecified atom stereocenters. The van der Waals surface area contributed by atoms with E-state index in [9.17, 15) is 48.9 Å². The maximum Gasteiger partial charge on any atom is 0.301 e. The zero-order valence-corrected chi connectivity index (χ0v) is 14.9. The number of benzene rings is 2. The average Bonchev–Trinajstić information content (AvgIpc) is 2.63. The van der Waals surface area contributed by atoms with E-state index in [2.05, 4.69) is 0 Å². The van der Waals surface area contributed by atoms with Gasteiger partial charge in [-0.25, -0.2) is 8.42 Å². The van der Waals surface area contributed by atoms with Gasteiger partial charge in [0.1, 0.15) is 10.6 Å². The molecule has 15 nitrogen and oxygen atoms in total. The largest absolute Gasteiger partial charge is 0.336 e. The predicted octanol–water partition coefficient (Wildman–Crippen LogP) is 2.23. The number of anilines is 2. The van der Waals surface area contributed by atoms with Gasteiger partial charge < -0.3 is 4.90 Å².